The van der Waals surface area contributed by atoms with Crippen molar-refractivity contribution >= 4 is 29.8 Å². The Hall–Kier alpha value is -3.19. The molecule has 4 aliphatic carbocycles. The molecule has 5 aliphatic rings. The van der Waals surface area contributed by atoms with Gasteiger partial charge in [0.1, 0.15) is 6.61 Å². The first-order chi connectivity index (χ1) is 24.3. The number of carbonyl (C=O) groups excluding carboxylic acids is 2. The molecule has 0 bridgehead atoms. The summed E-state index contributed by atoms with van der Waals surface area (Å²) in [5, 5.41) is 28.8. The van der Waals surface area contributed by atoms with Crippen LogP contribution in [-0.4, -0.2) is 137 Å². The van der Waals surface area contributed by atoms with E-state index >= 15 is 0 Å². The predicted octanol–water partition coefficient (Wildman–Crippen LogP) is 5.54. The molecule has 1 saturated heterocycles. The molecule has 0 aromatic rings. The third kappa shape index (κ3) is 9.07. The predicted molar refractivity (Wildman–Crippen MR) is 190 cm³/mol. The fourth-order valence-corrected chi connectivity index (χ4v) is 10.5. The zero-order chi connectivity index (χ0) is 36.8. The van der Waals surface area contributed by atoms with E-state index in [9.17, 15) is 39.3 Å². The van der Waals surface area contributed by atoms with E-state index < -0.39 is 18.3 Å². The van der Waals surface area contributed by atoms with E-state index in [1.807, 2.05) is 6.08 Å². The van der Waals surface area contributed by atoms with Crippen molar-refractivity contribution in [3.63, 3.8) is 0 Å². The number of unbranched alkanes of at least 4 members (excludes halogenated alkanes) is 3. The van der Waals surface area contributed by atoms with Crippen molar-refractivity contribution in [3.05, 3.63) is 11.6 Å². The number of allylic oxidation sites excluding steroid dienone is 1. The second-order valence-electron chi connectivity index (χ2n) is 16.2. The standard InChI is InChI=1S/C38H60N4O9/c1-37-13-11-28(43)25-27(37)7-8-29-30-9-10-32(38(30,2)14-12-31(29)37)33(44)26-51-24-6-4-3-5-15-39-16-18-40(34(45)46)20-22-42(36(49)50)23-21-41(19-17-39)35(47)48/h25,29-32H,3-24,26H2,1-2H3,(H,45,46)(H,47,48)(H,49,50). The second kappa shape index (κ2) is 17.1. The Bertz CT molecular complexity index is 1290. The Morgan fingerprint density at radius 1 is 0.725 bits per heavy atom. The van der Waals surface area contributed by atoms with Gasteiger partial charge in [0.05, 0.1) is 0 Å². The van der Waals surface area contributed by atoms with Crippen molar-refractivity contribution in [2.75, 3.05) is 72.1 Å². The Labute approximate surface area is 302 Å². The molecule has 13 nitrogen and oxygen atoms in total. The van der Waals surface area contributed by atoms with Gasteiger partial charge in [0, 0.05) is 71.3 Å². The molecule has 6 unspecified atom stereocenters. The summed E-state index contributed by atoms with van der Waals surface area (Å²) in [7, 11) is 0. The summed E-state index contributed by atoms with van der Waals surface area (Å²) in [5.74, 6) is 2.42. The largest absolute Gasteiger partial charge is 0.465 e. The Balaban J connectivity index is 1.02. The lowest BCUT2D eigenvalue weighted by Gasteiger charge is -2.58. The lowest BCUT2D eigenvalue weighted by Crippen LogP contribution is -2.51. The van der Waals surface area contributed by atoms with Crippen molar-refractivity contribution in [1.82, 2.24) is 19.6 Å². The molecule has 0 aromatic heterocycles. The van der Waals surface area contributed by atoms with Crippen molar-refractivity contribution in [1.29, 1.82) is 0 Å². The van der Waals surface area contributed by atoms with E-state index in [2.05, 4.69) is 18.7 Å². The summed E-state index contributed by atoms with van der Waals surface area (Å²) < 4.78 is 5.94. The molecule has 0 radical (unpaired) electrons. The minimum Gasteiger partial charge on any atom is -0.465 e. The van der Waals surface area contributed by atoms with Crippen LogP contribution in [0.5, 0.6) is 0 Å². The van der Waals surface area contributed by atoms with Gasteiger partial charge in [-0.25, -0.2) is 14.4 Å². The van der Waals surface area contributed by atoms with E-state index in [0.717, 1.165) is 75.5 Å². The molecule has 5 rings (SSSR count). The van der Waals surface area contributed by atoms with Crippen molar-refractivity contribution in [2.45, 2.75) is 90.9 Å². The molecule has 1 heterocycles. The number of carboxylic acid groups (broad SMARTS) is 3. The summed E-state index contributed by atoms with van der Waals surface area (Å²) in [6.07, 6.45) is 10.2. The third-order valence-corrected chi connectivity index (χ3v) is 13.6. The summed E-state index contributed by atoms with van der Waals surface area (Å²) >= 11 is 0. The molecule has 4 fully saturated rings. The number of Topliss-reactive ketones (excluding diaryl/α,β-unsaturated/α-hetero) is 1. The zero-order valence-electron chi connectivity index (χ0n) is 30.7. The first kappa shape index (κ1) is 39.0. The summed E-state index contributed by atoms with van der Waals surface area (Å²) in [6.45, 7) is 7.45. The third-order valence-electron chi connectivity index (χ3n) is 13.6. The minimum atomic E-state index is -1.20. The van der Waals surface area contributed by atoms with Gasteiger partial charge in [-0.1, -0.05) is 32.3 Å². The maximum atomic E-state index is 13.5. The van der Waals surface area contributed by atoms with Crippen LogP contribution in [0.1, 0.15) is 90.9 Å². The highest BCUT2D eigenvalue weighted by Gasteiger charge is 2.60. The molecule has 3 N–H and O–H groups in total. The quantitative estimate of drug-likeness (QED) is 0.244. The number of carbonyl (C=O) groups is 5. The number of amides is 3. The monoisotopic (exact) mass is 716 g/mol. The molecule has 6 atom stereocenters. The van der Waals surface area contributed by atoms with Crippen LogP contribution in [0, 0.1) is 34.5 Å². The number of ketones is 2. The van der Waals surface area contributed by atoms with Crippen LogP contribution in [0.25, 0.3) is 0 Å². The van der Waals surface area contributed by atoms with E-state index in [0.29, 0.717) is 56.2 Å². The van der Waals surface area contributed by atoms with Gasteiger partial charge < -0.3 is 34.8 Å². The van der Waals surface area contributed by atoms with Gasteiger partial charge in [0.2, 0.25) is 0 Å². The second-order valence-corrected chi connectivity index (χ2v) is 16.2. The highest BCUT2D eigenvalue weighted by Crippen LogP contribution is 2.66. The van der Waals surface area contributed by atoms with Crippen molar-refractivity contribution in [3.8, 4) is 0 Å². The average Bonchev–Trinajstić information content (AvgIpc) is 3.44. The molecule has 13 heteroatoms. The summed E-state index contributed by atoms with van der Waals surface area (Å²) in [6, 6.07) is 0. The maximum Gasteiger partial charge on any atom is 0.407 e. The van der Waals surface area contributed by atoms with Gasteiger partial charge in [0.15, 0.2) is 11.6 Å². The van der Waals surface area contributed by atoms with Gasteiger partial charge >= 0.3 is 18.3 Å². The van der Waals surface area contributed by atoms with Crippen LogP contribution in [-0.2, 0) is 14.3 Å². The van der Waals surface area contributed by atoms with E-state index in [4.69, 9.17) is 4.74 Å². The molecule has 3 saturated carbocycles. The van der Waals surface area contributed by atoms with E-state index in [1.165, 1.54) is 15.4 Å². The van der Waals surface area contributed by atoms with Crippen LogP contribution >= 0.6 is 0 Å². The fourth-order valence-electron chi connectivity index (χ4n) is 10.5. The number of hydrogen-bond donors (Lipinski definition) is 3. The van der Waals surface area contributed by atoms with E-state index in [-0.39, 0.29) is 68.4 Å². The molecule has 286 valence electrons. The summed E-state index contributed by atoms with van der Waals surface area (Å²) in [4.78, 5) is 66.5. The smallest absolute Gasteiger partial charge is 0.407 e. The van der Waals surface area contributed by atoms with Gasteiger partial charge in [-0.3, -0.25) is 14.5 Å². The van der Waals surface area contributed by atoms with Gasteiger partial charge in [0.25, 0.3) is 0 Å². The van der Waals surface area contributed by atoms with Crippen LogP contribution in [0.15, 0.2) is 11.6 Å². The number of ether oxygens (including phenoxy) is 1. The van der Waals surface area contributed by atoms with Crippen molar-refractivity contribution < 1.29 is 44.0 Å². The van der Waals surface area contributed by atoms with E-state index in [1.54, 1.807) is 0 Å². The fraction of sp³-hybridized carbons (Fsp3) is 0.816. The SMILES string of the molecule is CC12CCC(=O)C=C1CCC1C2CCC2(C)C(C(=O)COCCCCCCN3CCN(C(=O)O)CCN(C(=O)O)CCN(C(=O)O)CC3)CCC12. The lowest BCUT2D eigenvalue weighted by molar-refractivity contribution is -0.135. The molecule has 0 spiro atoms. The Kier molecular flexibility index (Phi) is 13.1. The number of fused-ring (bicyclic) bond motifs is 5. The zero-order valence-corrected chi connectivity index (χ0v) is 30.7. The molecule has 51 heavy (non-hydrogen) atoms. The lowest BCUT2D eigenvalue weighted by atomic mass is 9.46. The van der Waals surface area contributed by atoms with Crippen LogP contribution in [0.2, 0.25) is 0 Å². The average molecular weight is 717 g/mol. The Morgan fingerprint density at radius 3 is 1.92 bits per heavy atom. The topological polar surface area (TPSA) is 168 Å². The van der Waals surface area contributed by atoms with Crippen LogP contribution in [0.4, 0.5) is 14.4 Å². The van der Waals surface area contributed by atoms with Gasteiger partial charge in [-0.05, 0) is 99.0 Å². The maximum absolute atomic E-state index is 13.5. The summed E-state index contributed by atoms with van der Waals surface area (Å²) in [5.41, 5.74) is 1.56. The molecular formula is C38H60N4O9. The first-order valence-electron chi connectivity index (χ1n) is 19.3. The highest BCUT2D eigenvalue weighted by atomic mass is 16.5. The first-order valence-corrected chi connectivity index (χ1v) is 19.3. The normalized spacial score (nSPS) is 32.2. The van der Waals surface area contributed by atoms with Gasteiger partial charge in [-0.15, -0.1) is 0 Å². The van der Waals surface area contributed by atoms with Crippen LogP contribution in [0.3, 0.4) is 0 Å². The molecule has 3 amide bonds. The Morgan fingerprint density at radius 2 is 1.31 bits per heavy atom. The number of hydrogen-bond acceptors (Lipinski definition) is 7. The minimum absolute atomic E-state index is 0.0206. The van der Waals surface area contributed by atoms with Crippen LogP contribution < -0.4 is 0 Å². The van der Waals surface area contributed by atoms with Crippen molar-refractivity contribution in [2.24, 2.45) is 34.5 Å². The molecule has 1 aliphatic heterocycles. The highest BCUT2D eigenvalue weighted by molar-refractivity contribution is 5.91. The molecular weight excluding hydrogens is 656 g/mol. The molecule has 0 aromatic carbocycles. The number of rotatable bonds is 10. The number of nitrogens with zero attached hydrogens (tertiary/aromatic N) is 4. The van der Waals surface area contributed by atoms with Gasteiger partial charge in [-0.2, -0.15) is 0 Å².